The first kappa shape index (κ1) is 31.3. The van der Waals surface area contributed by atoms with E-state index in [1.807, 2.05) is 6.92 Å². The van der Waals surface area contributed by atoms with Crippen LogP contribution >= 0.6 is 0 Å². The number of esters is 1. The van der Waals surface area contributed by atoms with Crippen LogP contribution in [-0.2, 0) is 19.0 Å². The summed E-state index contributed by atoms with van der Waals surface area (Å²) in [5.41, 5.74) is -2.37. The van der Waals surface area contributed by atoms with Crippen LogP contribution in [0.1, 0.15) is 78.1 Å². The summed E-state index contributed by atoms with van der Waals surface area (Å²) in [4.78, 5) is 11.8. The van der Waals surface area contributed by atoms with Crippen LogP contribution in [0.5, 0.6) is 0 Å². The molecule has 41 heavy (non-hydrogen) atoms. The van der Waals surface area contributed by atoms with Crippen LogP contribution < -0.4 is 0 Å². The Hall–Kier alpha value is -1.15. The lowest BCUT2D eigenvalue weighted by Crippen LogP contribution is -2.61. The maximum absolute atomic E-state index is 12.4. The topological polar surface area (TPSA) is 186 Å². The number of hydrogen-bond donors (Lipinski definition) is 7. The van der Waals surface area contributed by atoms with Gasteiger partial charge in [-0.05, 0) is 75.2 Å². The average molecular weight is 585 g/mol. The molecular weight excluding hydrogens is 536 g/mol. The first-order valence-electron chi connectivity index (χ1n) is 15.2. The molecule has 13 atom stereocenters. The van der Waals surface area contributed by atoms with Crippen LogP contribution in [0.25, 0.3) is 0 Å². The van der Waals surface area contributed by atoms with Gasteiger partial charge in [0.05, 0.1) is 41.7 Å². The molecule has 0 spiro atoms. The Kier molecular flexibility index (Phi) is 8.96. The number of carbonyl (C=O) groups excluding carboxylic acids is 1. The predicted octanol–water partition coefficient (Wildman–Crippen LogP) is 0.294. The van der Waals surface area contributed by atoms with E-state index in [2.05, 4.69) is 0 Å². The Labute approximate surface area is 241 Å². The zero-order chi connectivity index (χ0) is 29.7. The summed E-state index contributed by atoms with van der Waals surface area (Å²) in [5.74, 6) is -1.32. The van der Waals surface area contributed by atoms with Crippen molar-refractivity contribution in [1.82, 2.24) is 0 Å². The summed E-state index contributed by atoms with van der Waals surface area (Å²) in [6.07, 6.45) is -0.899. The zero-order valence-electron chi connectivity index (χ0n) is 24.1. The summed E-state index contributed by atoms with van der Waals surface area (Å²) >= 11 is 0. The molecule has 234 valence electrons. The number of cyclic esters (lactones) is 1. The third-order valence-corrected chi connectivity index (χ3v) is 11.1. The highest BCUT2D eigenvalue weighted by Gasteiger charge is 2.66. The third-order valence-electron chi connectivity index (χ3n) is 11.1. The molecular formula is C30H48O11. The van der Waals surface area contributed by atoms with Gasteiger partial charge in [-0.25, -0.2) is 4.79 Å². The number of rotatable bonds is 8. The molecule has 0 aromatic rings. The molecule has 0 amide bonds. The van der Waals surface area contributed by atoms with Gasteiger partial charge < -0.3 is 50.0 Å². The van der Waals surface area contributed by atoms with Crippen molar-refractivity contribution in [2.45, 2.75) is 132 Å². The van der Waals surface area contributed by atoms with E-state index in [0.29, 0.717) is 38.5 Å². The van der Waals surface area contributed by atoms with Gasteiger partial charge in [0.25, 0.3) is 0 Å². The van der Waals surface area contributed by atoms with E-state index in [0.717, 1.165) is 5.57 Å². The summed E-state index contributed by atoms with van der Waals surface area (Å²) in [7, 11) is 0. The van der Waals surface area contributed by atoms with Gasteiger partial charge in [-0.2, -0.15) is 0 Å². The van der Waals surface area contributed by atoms with E-state index in [9.17, 15) is 40.5 Å². The molecule has 4 fully saturated rings. The van der Waals surface area contributed by atoms with E-state index in [-0.39, 0.29) is 50.7 Å². The molecule has 0 bridgehead atoms. The van der Waals surface area contributed by atoms with Crippen molar-refractivity contribution in [3.8, 4) is 0 Å². The second-order valence-corrected chi connectivity index (χ2v) is 13.7. The molecule has 5 aliphatic rings. The lowest BCUT2D eigenvalue weighted by molar-refractivity contribution is -0.271. The van der Waals surface area contributed by atoms with Crippen LogP contribution in [0.2, 0.25) is 0 Å². The maximum atomic E-state index is 12.4. The Bertz CT molecular complexity index is 977. The van der Waals surface area contributed by atoms with Crippen molar-refractivity contribution in [3.63, 3.8) is 0 Å². The Morgan fingerprint density at radius 1 is 1.05 bits per heavy atom. The lowest BCUT2D eigenvalue weighted by atomic mass is 9.52. The number of aliphatic hydroxyl groups excluding tert-OH is 5. The molecule has 11 heteroatoms. The quantitative estimate of drug-likeness (QED) is 0.195. The molecule has 2 heterocycles. The van der Waals surface area contributed by atoms with Crippen molar-refractivity contribution in [1.29, 1.82) is 0 Å². The minimum atomic E-state index is -1.30. The van der Waals surface area contributed by atoms with Gasteiger partial charge in [0, 0.05) is 37.4 Å². The standard InChI is InChI=1S/C30H48O11/c1-16-27(36)23(33)11-26(40-16)41-19-10-18(32)12-29(37,13-19)6-3-22-20(5-8-31)24(34)14-28(2)21(4-7-30(22,28)38)17-9-25(35)39-15-17/h9,16,18-24,26-27,31-34,36-38H,3-8,10-15H2,1-2H3/t16-,18+,19-,20+,21+,22+,23-,24+,26-,27-,28+,29+,30-/m0/s1. The van der Waals surface area contributed by atoms with E-state index < -0.39 is 71.4 Å². The fraction of sp³-hybridized carbons (Fsp3) is 0.900. The minimum absolute atomic E-state index is 0.0825. The van der Waals surface area contributed by atoms with Crippen LogP contribution in [0.15, 0.2) is 11.6 Å². The highest BCUT2D eigenvalue weighted by Crippen LogP contribution is 2.64. The Morgan fingerprint density at radius 2 is 1.80 bits per heavy atom. The SMILES string of the molecule is C[C@@H]1O[C@@H](O[C@H]2C[C@@H](O)C[C@](O)(CC[C@@H]3[C@@H](CCO)[C@H](O)C[C@]4(C)[C@@H](C5=CC(=O)OC5)CC[C@]34O)C2)C[C@H](O)[C@H]1O. The van der Waals surface area contributed by atoms with Crippen molar-refractivity contribution >= 4 is 5.97 Å². The minimum Gasteiger partial charge on any atom is -0.458 e. The van der Waals surface area contributed by atoms with Gasteiger partial charge in [-0.15, -0.1) is 0 Å². The molecule has 0 unspecified atom stereocenters. The highest BCUT2D eigenvalue weighted by molar-refractivity contribution is 5.85. The van der Waals surface area contributed by atoms with Crippen molar-refractivity contribution in [2.75, 3.05) is 13.2 Å². The van der Waals surface area contributed by atoms with E-state index in [1.165, 1.54) is 6.08 Å². The van der Waals surface area contributed by atoms with Crippen LogP contribution in [0.4, 0.5) is 0 Å². The number of fused-ring (bicyclic) bond motifs is 1. The summed E-state index contributed by atoms with van der Waals surface area (Å²) in [6, 6.07) is 0. The molecule has 0 aromatic carbocycles. The first-order valence-corrected chi connectivity index (χ1v) is 15.2. The second-order valence-electron chi connectivity index (χ2n) is 13.7. The third kappa shape index (κ3) is 5.86. The van der Waals surface area contributed by atoms with Gasteiger partial charge >= 0.3 is 5.97 Å². The molecule has 2 aliphatic heterocycles. The van der Waals surface area contributed by atoms with Crippen molar-refractivity contribution in [2.24, 2.45) is 23.2 Å². The first-order chi connectivity index (χ1) is 19.3. The molecule has 3 aliphatic carbocycles. The largest absolute Gasteiger partial charge is 0.458 e. The van der Waals surface area contributed by atoms with E-state index >= 15 is 0 Å². The molecule has 5 rings (SSSR count). The summed E-state index contributed by atoms with van der Waals surface area (Å²) in [6.45, 7) is 3.67. The monoisotopic (exact) mass is 584 g/mol. The Morgan fingerprint density at radius 3 is 2.46 bits per heavy atom. The smallest absolute Gasteiger partial charge is 0.331 e. The van der Waals surface area contributed by atoms with E-state index in [1.54, 1.807) is 6.92 Å². The molecule has 0 aromatic heterocycles. The average Bonchev–Trinajstić information content (AvgIpc) is 3.41. The number of ether oxygens (including phenoxy) is 3. The maximum Gasteiger partial charge on any atom is 0.331 e. The fourth-order valence-electron chi connectivity index (χ4n) is 9.06. The van der Waals surface area contributed by atoms with Gasteiger partial charge in [0.15, 0.2) is 6.29 Å². The Balaban J connectivity index is 1.32. The molecule has 11 nitrogen and oxygen atoms in total. The fourth-order valence-corrected chi connectivity index (χ4v) is 9.06. The van der Waals surface area contributed by atoms with Crippen molar-refractivity contribution < 1.29 is 54.8 Å². The second kappa shape index (κ2) is 11.7. The van der Waals surface area contributed by atoms with Crippen LogP contribution in [-0.4, -0.2) is 109 Å². The van der Waals surface area contributed by atoms with Crippen LogP contribution in [0.3, 0.4) is 0 Å². The molecule has 1 saturated heterocycles. The number of aliphatic hydroxyl groups is 7. The lowest BCUT2D eigenvalue weighted by Gasteiger charge is -2.57. The summed E-state index contributed by atoms with van der Waals surface area (Å²) in [5, 5.41) is 76.1. The number of hydrogen-bond acceptors (Lipinski definition) is 11. The van der Waals surface area contributed by atoms with Gasteiger partial charge in [-0.1, -0.05) is 6.92 Å². The molecule has 3 saturated carbocycles. The molecule has 7 N–H and O–H groups in total. The molecule has 0 radical (unpaired) electrons. The van der Waals surface area contributed by atoms with Gasteiger partial charge in [-0.3, -0.25) is 0 Å². The van der Waals surface area contributed by atoms with Gasteiger partial charge in [0.2, 0.25) is 0 Å². The summed E-state index contributed by atoms with van der Waals surface area (Å²) < 4.78 is 16.9. The van der Waals surface area contributed by atoms with Crippen LogP contribution in [0, 0.1) is 23.2 Å². The van der Waals surface area contributed by atoms with E-state index in [4.69, 9.17) is 14.2 Å². The normalized spacial score (nSPS) is 50.4. The number of carbonyl (C=O) groups is 1. The van der Waals surface area contributed by atoms with Crippen molar-refractivity contribution in [3.05, 3.63) is 11.6 Å². The highest BCUT2D eigenvalue weighted by atomic mass is 16.7. The predicted molar refractivity (Wildman–Crippen MR) is 144 cm³/mol. The van der Waals surface area contributed by atoms with Gasteiger partial charge in [0.1, 0.15) is 12.7 Å². The zero-order valence-corrected chi connectivity index (χ0v) is 24.1.